The predicted octanol–water partition coefficient (Wildman–Crippen LogP) is 4.19. The molecular weight excluding hydrogens is 294 g/mol. The Kier molecular flexibility index (Phi) is 3.42. The van der Waals surface area contributed by atoms with Crippen LogP contribution in [0.4, 0.5) is 0 Å². The van der Waals surface area contributed by atoms with E-state index in [1.807, 2.05) is 0 Å². The summed E-state index contributed by atoms with van der Waals surface area (Å²) in [6.45, 7) is 3.00. The van der Waals surface area contributed by atoms with Crippen molar-refractivity contribution in [1.29, 1.82) is 0 Å². The maximum absolute atomic E-state index is 13.4. The molecule has 1 aliphatic heterocycles. The minimum atomic E-state index is 0.00249. The van der Waals surface area contributed by atoms with E-state index in [-0.39, 0.29) is 5.41 Å². The highest BCUT2D eigenvalue weighted by Crippen LogP contribution is 2.66. The van der Waals surface area contributed by atoms with Crippen LogP contribution in [0.3, 0.4) is 0 Å². The van der Waals surface area contributed by atoms with E-state index in [1.165, 1.54) is 50.5 Å². The van der Waals surface area contributed by atoms with E-state index in [4.69, 9.17) is 0 Å². The zero-order chi connectivity index (χ0) is 16.2. The van der Waals surface area contributed by atoms with Crippen molar-refractivity contribution in [3.05, 3.63) is 35.9 Å². The quantitative estimate of drug-likeness (QED) is 0.828. The van der Waals surface area contributed by atoms with Crippen LogP contribution in [0.5, 0.6) is 0 Å². The lowest BCUT2D eigenvalue weighted by molar-refractivity contribution is -0.147. The number of likely N-dealkylation sites (tertiary alicyclic amines) is 1. The van der Waals surface area contributed by atoms with Crippen molar-refractivity contribution in [3.63, 3.8) is 0 Å². The number of hydrogen-bond acceptors (Lipinski definition) is 2. The van der Waals surface area contributed by atoms with Gasteiger partial charge in [-0.15, -0.1) is 0 Å². The lowest BCUT2D eigenvalue weighted by Gasteiger charge is -2.62. The van der Waals surface area contributed by atoms with Gasteiger partial charge in [0.05, 0.1) is 6.54 Å². The van der Waals surface area contributed by atoms with Gasteiger partial charge in [-0.25, -0.2) is 0 Å². The lowest BCUT2D eigenvalue weighted by atomic mass is 9.42. The minimum absolute atomic E-state index is 0.00249. The van der Waals surface area contributed by atoms with Crippen LogP contribution < -0.4 is 0 Å². The molecular formula is C22H29NO. The Bertz CT molecular complexity index is 617. The maximum Gasteiger partial charge on any atom is 0.153 e. The average Bonchev–Trinajstić information content (AvgIpc) is 3.07. The molecule has 0 N–H and O–H groups in total. The third-order valence-corrected chi connectivity index (χ3v) is 7.60. The number of ketones is 1. The molecule has 2 nitrogen and oxygen atoms in total. The monoisotopic (exact) mass is 323 g/mol. The lowest BCUT2D eigenvalue weighted by Crippen LogP contribution is -2.58. The first-order chi connectivity index (χ1) is 11.7. The molecule has 1 saturated heterocycles. The Morgan fingerprint density at radius 1 is 1.00 bits per heavy atom. The van der Waals surface area contributed by atoms with Crippen molar-refractivity contribution in [2.45, 2.75) is 56.8 Å². The van der Waals surface area contributed by atoms with Crippen molar-refractivity contribution in [2.75, 3.05) is 19.6 Å². The molecule has 4 bridgehead atoms. The Morgan fingerprint density at radius 2 is 1.67 bits per heavy atom. The van der Waals surface area contributed by atoms with Crippen molar-refractivity contribution < 1.29 is 4.79 Å². The Morgan fingerprint density at radius 3 is 2.33 bits per heavy atom. The molecule has 0 amide bonds. The average molecular weight is 323 g/mol. The molecule has 1 aromatic carbocycles. The molecule has 4 saturated carbocycles. The molecule has 0 spiro atoms. The standard InChI is InChI=1S/C22H29NO/c24-20(15-23-8-4-5-9-23)22-13-17-10-18(14-22)12-21(11-17,16-22)19-6-2-1-3-7-19/h1-3,6-7,17-18H,4-5,8-16H2/t17-,18-,21?,22?/m0/s1. The summed E-state index contributed by atoms with van der Waals surface area (Å²) in [4.78, 5) is 15.8. The molecule has 1 aromatic rings. The Labute approximate surface area is 145 Å². The molecule has 2 atom stereocenters. The van der Waals surface area contributed by atoms with Crippen molar-refractivity contribution >= 4 is 5.78 Å². The Balaban J connectivity index is 1.46. The largest absolute Gasteiger partial charge is 0.298 e. The number of rotatable bonds is 4. The summed E-state index contributed by atoms with van der Waals surface area (Å²) in [5.41, 5.74) is 1.81. The van der Waals surface area contributed by atoms with Crippen LogP contribution in [0.2, 0.25) is 0 Å². The number of benzene rings is 1. The van der Waals surface area contributed by atoms with E-state index in [2.05, 4.69) is 35.2 Å². The van der Waals surface area contributed by atoms with Gasteiger partial charge in [-0.05, 0) is 87.3 Å². The van der Waals surface area contributed by atoms with Gasteiger partial charge >= 0.3 is 0 Å². The van der Waals surface area contributed by atoms with Gasteiger partial charge < -0.3 is 0 Å². The van der Waals surface area contributed by atoms with Crippen LogP contribution in [0.1, 0.15) is 56.9 Å². The van der Waals surface area contributed by atoms with E-state index in [9.17, 15) is 4.79 Å². The van der Waals surface area contributed by atoms with E-state index in [1.54, 1.807) is 0 Å². The van der Waals surface area contributed by atoms with E-state index in [0.717, 1.165) is 37.9 Å². The fourth-order valence-electron chi connectivity index (χ4n) is 7.03. The summed E-state index contributed by atoms with van der Waals surface area (Å²) in [6.07, 6.45) is 10.1. The van der Waals surface area contributed by atoms with Crippen LogP contribution in [-0.2, 0) is 10.2 Å². The Hall–Kier alpha value is -1.15. The molecule has 5 aliphatic rings. The number of carbonyl (C=O) groups excluding carboxylic acids is 1. The molecule has 6 rings (SSSR count). The zero-order valence-corrected chi connectivity index (χ0v) is 14.7. The van der Waals surface area contributed by atoms with Gasteiger partial charge in [-0.3, -0.25) is 9.69 Å². The second-order valence-corrected chi connectivity index (χ2v) is 9.29. The van der Waals surface area contributed by atoms with Gasteiger partial charge in [0.2, 0.25) is 0 Å². The molecule has 24 heavy (non-hydrogen) atoms. The van der Waals surface area contributed by atoms with Crippen molar-refractivity contribution in [3.8, 4) is 0 Å². The number of nitrogens with zero attached hydrogens (tertiary/aromatic N) is 1. The maximum atomic E-state index is 13.4. The summed E-state index contributed by atoms with van der Waals surface area (Å²) in [6, 6.07) is 11.1. The van der Waals surface area contributed by atoms with Crippen LogP contribution in [-0.4, -0.2) is 30.3 Å². The SMILES string of the molecule is O=C(CN1CCCC1)C12C[C@H]3C[C@H](C1)CC(c1ccccc1)(C3)C2. The summed E-state index contributed by atoms with van der Waals surface area (Å²) < 4.78 is 0. The third-order valence-electron chi connectivity index (χ3n) is 7.60. The molecule has 2 heteroatoms. The smallest absolute Gasteiger partial charge is 0.153 e. The highest BCUT2D eigenvalue weighted by Gasteiger charge is 2.60. The van der Waals surface area contributed by atoms with Gasteiger partial charge in [0.1, 0.15) is 0 Å². The van der Waals surface area contributed by atoms with E-state index < -0.39 is 0 Å². The van der Waals surface area contributed by atoms with Crippen LogP contribution in [0, 0.1) is 17.3 Å². The predicted molar refractivity (Wildman–Crippen MR) is 95.9 cm³/mol. The summed E-state index contributed by atoms with van der Waals surface area (Å²) in [5.74, 6) is 2.15. The molecule has 0 aromatic heterocycles. The summed E-state index contributed by atoms with van der Waals surface area (Å²) >= 11 is 0. The summed E-state index contributed by atoms with van der Waals surface area (Å²) in [7, 11) is 0. The first kappa shape index (κ1) is 15.1. The third kappa shape index (κ3) is 2.29. The van der Waals surface area contributed by atoms with Crippen LogP contribution in [0.15, 0.2) is 30.3 Å². The van der Waals surface area contributed by atoms with E-state index >= 15 is 0 Å². The first-order valence-electron chi connectivity index (χ1n) is 9.99. The molecule has 4 aliphatic carbocycles. The van der Waals surface area contributed by atoms with Gasteiger partial charge in [0.15, 0.2) is 5.78 Å². The molecule has 1 heterocycles. The molecule has 128 valence electrons. The highest BCUT2D eigenvalue weighted by atomic mass is 16.1. The fourth-order valence-corrected chi connectivity index (χ4v) is 7.03. The zero-order valence-electron chi connectivity index (χ0n) is 14.7. The van der Waals surface area contributed by atoms with Gasteiger partial charge in [0, 0.05) is 5.41 Å². The summed E-state index contributed by atoms with van der Waals surface area (Å²) in [5, 5.41) is 0. The normalized spacial score (nSPS) is 41.0. The van der Waals surface area contributed by atoms with E-state index in [0.29, 0.717) is 11.2 Å². The van der Waals surface area contributed by atoms with Gasteiger partial charge in [0.25, 0.3) is 0 Å². The molecule has 0 unspecified atom stereocenters. The number of Topliss-reactive ketones (excluding diaryl/α,β-unsaturated/α-hetero) is 1. The van der Waals surface area contributed by atoms with Gasteiger partial charge in [-0.2, -0.15) is 0 Å². The molecule has 0 radical (unpaired) electrons. The molecule has 5 fully saturated rings. The van der Waals surface area contributed by atoms with Gasteiger partial charge in [-0.1, -0.05) is 30.3 Å². The second-order valence-electron chi connectivity index (χ2n) is 9.29. The first-order valence-corrected chi connectivity index (χ1v) is 9.99. The number of hydrogen-bond donors (Lipinski definition) is 0. The van der Waals surface area contributed by atoms with Crippen LogP contribution >= 0.6 is 0 Å². The van der Waals surface area contributed by atoms with Crippen molar-refractivity contribution in [2.24, 2.45) is 17.3 Å². The fraction of sp³-hybridized carbons (Fsp3) is 0.682. The van der Waals surface area contributed by atoms with Crippen LogP contribution in [0.25, 0.3) is 0 Å². The highest BCUT2D eigenvalue weighted by molar-refractivity contribution is 5.87. The topological polar surface area (TPSA) is 20.3 Å². The van der Waals surface area contributed by atoms with Crippen molar-refractivity contribution in [1.82, 2.24) is 4.90 Å². The second kappa shape index (κ2) is 5.42. The minimum Gasteiger partial charge on any atom is -0.298 e. The number of carbonyl (C=O) groups is 1.